The maximum absolute atomic E-state index is 11.3. The molecular formula is C15H13N5O3S. The molecule has 0 spiro atoms. The van der Waals surface area contributed by atoms with Crippen molar-refractivity contribution in [3.8, 4) is 11.5 Å². The Hall–Kier alpha value is -3.07. The fourth-order valence-corrected chi connectivity index (χ4v) is 2.68. The number of nitrogens with one attached hydrogen (secondary N) is 2. The van der Waals surface area contributed by atoms with Crippen LogP contribution in [0.2, 0.25) is 0 Å². The van der Waals surface area contributed by atoms with Crippen molar-refractivity contribution in [1.82, 2.24) is 15.0 Å². The number of H-pyrrole nitrogens is 1. The number of fused-ring (bicyclic) bond motifs is 1. The fraction of sp³-hybridized carbons (Fsp3) is 0.0667. The van der Waals surface area contributed by atoms with Crippen molar-refractivity contribution >= 4 is 34.6 Å². The molecule has 4 N–H and O–H groups in total. The molecule has 0 atom stereocenters. The minimum Gasteiger partial charge on any atom is -0.455 e. The highest BCUT2D eigenvalue weighted by atomic mass is 32.2. The van der Waals surface area contributed by atoms with E-state index in [0.29, 0.717) is 28.4 Å². The zero-order valence-electron chi connectivity index (χ0n) is 12.6. The third kappa shape index (κ3) is 3.30. The number of aromatic nitrogens is 3. The number of amides is 2. The Balaban J connectivity index is 1.97. The molecule has 0 aliphatic rings. The van der Waals surface area contributed by atoms with E-state index in [1.165, 1.54) is 24.2 Å². The molecule has 24 heavy (non-hydrogen) atoms. The molecule has 0 fully saturated rings. The second-order valence-electron chi connectivity index (χ2n) is 4.71. The summed E-state index contributed by atoms with van der Waals surface area (Å²) in [6.45, 7) is 0. The monoisotopic (exact) mass is 343 g/mol. The van der Waals surface area contributed by atoms with Crippen LogP contribution >= 0.6 is 11.8 Å². The molecule has 3 aromatic rings. The van der Waals surface area contributed by atoms with E-state index in [2.05, 4.69) is 20.3 Å². The molecule has 0 aliphatic carbocycles. The maximum atomic E-state index is 11.3. The fourth-order valence-electron chi connectivity index (χ4n) is 2.11. The molecule has 0 aliphatic heterocycles. The van der Waals surface area contributed by atoms with Gasteiger partial charge in [-0.05, 0) is 24.5 Å². The molecule has 8 nitrogen and oxygen atoms in total. The maximum Gasteiger partial charge on any atom is 0.316 e. The molecule has 9 heteroatoms. The van der Waals surface area contributed by atoms with Crippen LogP contribution in [0.3, 0.4) is 0 Å². The van der Waals surface area contributed by atoms with E-state index in [0.717, 1.165) is 4.90 Å². The number of hydrogen-bond acceptors (Lipinski definition) is 6. The molecule has 0 saturated carbocycles. The Bertz CT molecular complexity index is 973. The largest absolute Gasteiger partial charge is 0.455 e. The van der Waals surface area contributed by atoms with Crippen LogP contribution in [0, 0.1) is 0 Å². The van der Waals surface area contributed by atoms with E-state index < -0.39 is 6.03 Å². The number of pyridine rings is 1. The minimum absolute atomic E-state index is 0.335. The van der Waals surface area contributed by atoms with Crippen molar-refractivity contribution in [3.05, 3.63) is 47.0 Å². The van der Waals surface area contributed by atoms with Gasteiger partial charge in [-0.25, -0.2) is 14.8 Å². The van der Waals surface area contributed by atoms with Crippen molar-refractivity contribution in [2.75, 3.05) is 11.6 Å². The first-order chi connectivity index (χ1) is 11.6. The number of nitrogens with two attached hydrogens (primary N) is 1. The van der Waals surface area contributed by atoms with Gasteiger partial charge in [0.15, 0.2) is 11.4 Å². The van der Waals surface area contributed by atoms with Gasteiger partial charge in [-0.2, -0.15) is 0 Å². The van der Waals surface area contributed by atoms with Gasteiger partial charge in [0.2, 0.25) is 0 Å². The number of hydrogen-bond donors (Lipinski definition) is 3. The zero-order chi connectivity index (χ0) is 17.1. The predicted octanol–water partition coefficient (Wildman–Crippen LogP) is 2.32. The number of urea groups is 1. The summed E-state index contributed by atoms with van der Waals surface area (Å²) in [5, 5.41) is 2.55. The normalized spacial score (nSPS) is 10.5. The standard InChI is InChI=1S/C15H13N5O3S/c1-24-11-6-8(2-3-9(11)19-15(16)22)23-10-4-5-17-14-13(10)18-7-12(21)20-14/h2-7H,1H3,(H3,16,19,22)(H,17,20,21). The van der Waals surface area contributed by atoms with Gasteiger partial charge >= 0.3 is 6.03 Å². The summed E-state index contributed by atoms with van der Waals surface area (Å²) >= 11 is 1.44. The average Bonchev–Trinajstić information content (AvgIpc) is 2.55. The highest BCUT2D eigenvalue weighted by molar-refractivity contribution is 7.98. The Morgan fingerprint density at radius 2 is 2.17 bits per heavy atom. The van der Waals surface area contributed by atoms with Gasteiger partial charge in [0.05, 0.1) is 11.9 Å². The minimum atomic E-state index is -0.632. The van der Waals surface area contributed by atoms with Gasteiger partial charge in [0.25, 0.3) is 5.56 Å². The summed E-state index contributed by atoms with van der Waals surface area (Å²) in [4.78, 5) is 33.8. The van der Waals surface area contributed by atoms with E-state index in [9.17, 15) is 9.59 Å². The molecule has 0 radical (unpaired) electrons. The van der Waals surface area contributed by atoms with Crippen LogP contribution in [0.1, 0.15) is 0 Å². The quantitative estimate of drug-likeness (QED) is 0.625. The molecule has 2 aromatic heterocycles. The highest BCUT2D eigenvalue weighted by Gasteiger charge is 2.10. The first kappa shape index (κ1) is 15.8. The van der Waals surface area contributed by atoms with E-state index in [1.807, 2.05) is 6.26 Å². The van der Waals surface area contributed by atoms with Gasteiger partial charge in [-0.1, -0.05) is 0 Å². The zero-order valence-corrected chi connectivity index (χ0v) is 13.4. The highest BCUT2D eigenvalue weighted by Crippen LogP contribution is 2.33. The lowest BCUT2D eigenvalue weighted by Gasteiger charge is -2.11. The lowest BCUT2D eigenvalue weighted by Crippen LogP contribution is -2.19. The van der Waals surface area contributed by atoms with Crippen molar-refractivity contribution in [3.63, 3.8) is 0 Å². The van der Waals surface area contributed by atoms with Crippen LogP contribution in [0.5, 0.6) is 11.5 Å². The summed E-state index contributed by atoms with van der Waals surface area (Å²) in [7, 11) is 0. The predicted molar refractivity (Wildman–Crippen MR) is 91.7 cm³/mol. The first-order valence-corrected chi connectivity index (χ1v) is 8.05. The second kappa shape index (κ2) is 6.59. The Labute approximate surface area is 140 Å². The summed E-state index contributed by atoms with van der Waals surface area (Å²) in [5.74, 6) is 1.01. The molecule has 0 unspecified atom stereocenters. The Morgan fingerprint density at radius 1 is 1.33 bits per heavy atom. The first-order valence-electron chi connectivity index (χ1n) is 6.83. The lowest BCUT2D eigenvalue weighted by molar-refractivity contribution is 0.259. The van der Waals surface area contributed by atoms with Crippen molar-refractivity contribution in [1.29, 1.82) is 0 Å². The number of ether oxygens (including phenoxy) is 1. The van der Waals surface area contributed by atoms with Gasteiger partial charge in [-0.3, -0.25) is 4.79 Å². The molecule has 122 valence electrons. The third-order valence-electron chi connectivity index (χ3n) is 3.10. The van der Waals surface area contributed by atoms with Crippen LogP contribution in [-0.2, 0) is 0 Å². The second-order valence-corrected chi connectivity index (χ2v) is 5.56. The van der Waals surface area contributed by atoms with Gasteiger partial charge in [0.1, 0.15) is 11.3 Å². The summed E-state index contributed by atoms with van der Waals surface area (Å²) in [6, 6.07) is 6.19. The topological polar surface area (TPSA) is 123 Å². The van der Waals surface area contributed by atoms with E-state index in [4.69, 9.17) is 10.5 Å². The van der Waals surface area contributed by atoms with Crippen LogP contribution < -0.4 is 21.3 Å². The summed E-state index contributed by atoms with van der Waals surface area (Å²) in [5.41, 5.74) is 6.21. The Morgan fingerprint density at radius 3 is 2.92 bits per heavy atom. The van der Waals surface area contributed by atoms with Gasteiger partial charge < -0.3 is 20.8 Å². The summed E-state index contributed by atoms with van der Waals surface area (Å²) in [6.07, 6.45) is 4.57. The number of thioether (sulfide) groups is 1. The number of benzene rings is 1. The van der Waals surface area contributed by atoms with E-state index >= 15 is 0 Å². The van der Waals surface area contributed by atoms with Gasteiger partial charge in [-0.15, -0.1) is 11.8 Å². The van der Waals surface area contributed by atoms with Crippen molar-refractivity contribution in [2.24, 2.45) is 5.73 Å². The Kier molecular flexibility index (Phi) is 4.34. The molecular weight excluding hydrogens is 330 g/mol. The number of rotatable bonds is 4. The van der Waals surface area contributed by atoms with E-state index in [-0.39, 0.29) is 5.56 Å². The smallest absolute Gasteiger partial charge is 0.316 e. The molecule has 2 amide bonds. The third-order valence-corrected chi connectivity index (χ3v) is 3.88. The molecule has 1 aromatic carbocycles. The van der Waals surface area contributed by atoms with Crippen LogP contribution in [-0.4, -0.2) is 27.2 Å². The molecule has 0 saturated heterocycles. The number of carbonyl (C=O) groups is 1. The number of aromatic amines is 1. The number of nitrogens with zero attached hydrogens (tertiary/aromatic N) is 2. The summed E-state index contributed by atoms with van der Waals surface area (Å²) < 4.78 is 5.85. The SMILES string of the molecule is CSc1cc(Oc2ccnc3[nH]c(=O)cnc23)ccc1NC(N)=O. The number of anilines is 1. The van der Waals surface area contributed by atoms with Crippen LogP contribution in [0.25, 0.3) is 11.2 Å². The average molecular weight is 343 g/mol. The van der Waals surface area contributed by atoms with Crippen LogP contribution in [0.4, 0.5) is 10.5 Å². The number of primary amides is 1. The van der Waals surface area contributed by atoms with Crippen molar-refractivity contribution < 1.29 is 9.53 Å². The van der Waals surface area contributed by atoms with Crippen molar-refractivity contribution in [2.45, 2.75) is 4.90 Å². The van der Waals surface area contributed by atoms with E-state index in [1.54, 1.807) is 24.3 Å². The number of carbonyl (C=O) groups excluding carboxylic acids is 1. The molecule has 0 bridgehead atoms. The lowest BCUT2D eigenvalue weighted by atomic mass is 10.3. The molecule has 2 heterocycles. The molecule has 3 rings (SSSR count). The van der Waals surface area contributed by atoms with Crippen LogP contribution in [0.15, 0.2) is 46.3 Å². The van der Waals surface area contributed by atoms with Gasteiger partial charge in [0, 0.05) is 17.2 Å².